The summed E-state index contributed by atoms with van der Waals surface area (Å²) in [5, 5.41) is 9.20. The lowest BCUT2D eigenvalue weighted by atomic mass is 10.1. The third-order valence-corrected chi connectivity index (χ3v) is 7.02. The predicted octanol–water partition coefficient (Wildman–Crippen LogP) is 5.28. The number of amides is 1. The first-order valence-electron chi connectivity index (χ1n) is 10.1. The molecular formula is C22H26N4O2S2. The molecule has 1 atom stereocenters. The van der Waals surface area contributed by atoms with Gasteiger partial charge in [0.25, 0.3) is 5.91 Å². The Morgan fingerprint density at radius 2 is 2.17 bits per heavy atom. The molecule has 1 aliphatic heterocycles. The number of rotatable bonds is 7. The summed E-state index contributed by atoms with van der Waals surface area (Å²) in [5.41, 5.74) is 3.10. The van der Waals surface area contributed by atoms with E-state index in [0.29, 0.717) is 12.3 Å². The molecule has 30 heavy (non-hydrogen) atoms. The second kappa shape index (κ2) is 8.81. The largest absolute Gasteiger partial charge is 0.467 e. The smallest absolute Gasteiger partial charge is 0.253 e. The van der Waals surface area contributed by atoms with E-state index in [-0.39, 0.29) is 17.7 Å². The van der Waals surface area contributed by atoms with E-state index in [1.54, 1.807) is 22.6 Å². The molecule has 0 aliphatic carbocycles. The Morgan fingerprint density at radius 3 is 2.83 bits per heavy atom. The van der Waals surface area contributed by atoms with Crippen LogP contribution in [0.2, 0.25) is 0 Å². The molecule has 8 heteroatoms. The molecule has 4 rings (SSSR count). The van der Waals surface area contributed by atoms with Gasteiger partial charge in [-0.3, -0.25) is 4.79 Å². The highest BCUT2D eigenvalue weighted by atomic mass is 32.2. The van der Waals surface area contributed by atoms with Crippen molar-refractivity contribution in [2.75, 3.05) is 5.75 Å². The van der Waals surface area contributed by atoms with Crippen LogP contribution >= 0.6 is 23.1 Å². The van der Waals surface area contributed by atoms with Gasteiger partial charge in [0.15, 0.2) is 5.16 Å². The lowest BCUT2D eigenvalue weighted by molar-refractivity contribution is -0.130. The fourth-order valence-electron chi connectivity index (χ4n) is 3.54. The van der Waals surface area contributed by atoms with Gasteiger partial charge in [0.2, 0.25) is 0 Å². The molecule has 0 N–H and O–H groups in total. The molecule has 1 unspecified atom stereocenters. The number of hydrazone groups is 1. The van der Waals surface area contributed by atoms with Crippen molar-refractivity contribution in [3.8, 4) is 0 Å². The molecule has 4 heterocycles. The highest BCUT2D eigenvalue weighted by Crippen LogP contribution is 2.35. The Bertz CT molecular complexity index is 1040. The number of aromatic nitrogens is 2. The molecule has 3 aromatic rings. The number of thioether (sulfide) groups is 1. The fraction of sp³-hybridized carbons (Fsp3) is 0.409. The monoisotopic (exact) mass is 442 g/mol. The normalized spacial score (nSPS) is 16.5. The van der Waals surface area contributed by atoms with Crippen molar-refractivity contribution in [1.82, 2.24) is 14.6 Å². The van der Waals surface area contributed by atoms with E-state index in [4.69, 9.17) is 4.42 Å². The molecule has 0 fully saturated rings. The summed E-state index contributed by atoms with van der Waals surface area (Å²) in [6.07, 6.45) is 2.30. The van der Waals surface area contributed by atoms with E-state index in [0.717, 1.165) is 39.4 Å². The Morgan fingerprint density at radius 1 is 1.33 bits per heavy atom. The summed E-state index contributed by atoms with van der Waals surface area (Å²) < 4.78 is 7.84. The Balaban J connectivity index is 1.53. The first kappa shape index (κ1) is 20.9. The van der Waals surface area contributed by atoms with Crippen molar-refractivity contribution in [3.05, 3.63) is 57.9 Å². The number of furan rings is 1. The van der Waals surface area contributed by atoms with Crippen LogP contribution in [-0.4, -0.2) is 31.9 Å². The van der Waals surface area contributed by atoms with Crippen LogP contribution in [-0.2, 0) is 11.3 Å². The van der Waals surface area contributed by atoms with Crippen molar-refractivity contribution >= 4 is 34.7 Å². The summed E-state index contributed by atoms with van der Waals surface area (Å²) in [4.78, 5) is 19.0. The van der Waals surface area contributed by atoms with E-state index >= 15 is 0 Å². The quantitative estimate of drug-likeness (QED) is 0.467. The third-order valence-electron chi connectivity index (χ3n) is 5.14. The van der Waals surface area contributed by atoms with Gasteiger partial charge in [-0.1, -0.05) is 31.7 Å². The van der Waals surface area contributed by atoms with Crippen LogP contribution in [0.15, 0.2) is 50.6 Å². The van der Waals surface area contributed by atoms with E-state index in [9.17, 15) is 4.79 Å². The number of hydrogen-bond acceptors (Lipinski definition) is 6. The molecule has 158 valence electrons. The van der Waals surface area contributed by atoms with Gasteiger partial charge in [0.1, 0.15) is 11.8 Å². The van der Waals surface area contributed by atoms with Crippen LogP contribution in [0.25, 0.3) is 0 Å². The first-order valence-corrected chi connectivity index (χ1v) is 11.9. The molecule has 0 bridgehead atoms. The summed E-state index contributed by atoms with van der Waals surface area (Å²) >= 11 is 3.12. The summed E-state index contributed by atoms with van der Waals surface area (Å²) in [5.74, 6) is 1.51. The van der Waals surface area contributed by atoms with E-state index < -0.39 is 0 Å². The van der Waals surface area contributed by atoms with Crippen LogP contribution in [0.5, 0.6) is 0 Å². The number of imidazole rings is 1. The molecule has 0 saturated heterocycles. The maximum Gasteiger partial charge on any atom is 0.253 e. The minimum Gasteiger partial charge on any atom is -0.467 e. The average Bonchev–Trinajstić information content (AvgIpc) is 3.49. The van der Waals surface area contributed by atoms with Crippen molar-refractivity contribution in [2.45, 2.75) is 51.9 Å². The van der Waals surface area contributed by atoms with Gasteiger partial charge in [-0.25, -0.2) is 9.99 Å². The topological polar surface area (TPSA) is 63.6 Å². The van der Waals surface area contributed by atoms with Crippen LogP contribution in [0, 0.1) is 19.8 Å². The molecule has 0 spiro atoms. The molecular weight excluding hydrogens is 416 g/mol. The third kappa shape index (κ3) is 4.25. The van der Waals surface area contributed by atoms with Crippen LogP contribution < -0.4 is 0 Å². The van der Waals surface area contributed by atoms with Gasteiger partial charge < -0.3 is 8.98 Å². The standard InChI is InChI=1S/C22H26N4O2S2/c1-14(2)12-25-16(4)15(3)23-22(25)30-13-21(27)26-18(19-7-5-9-28-19)11-17(24-26)20-8-6-10-29-20/h5-10,14,18H,11-13H2,1-4H3. The Kier molecular flexibility index (Phi) is 6.15. The number of carbonyl (C=O) groups is 1. The van der Waals surface area contributed by atoms with Gasteiger partial charge in [0.05, 0.1) is 28.3 Å². The van der Waals surface area contributed by atoms with Gasteiger partial charge in [-0.05, 0) is 43.3 Å². The molecule has 3 aromatic heterocycles. The van der Waals surface area contributed by atoms with Crippen LogP contribution in [0.3, 0.4) is 0 Å². The van der Waals surface area contributed by atoms with E-state index in [1.807, 2.05) is 36.6 Å². The number of thiophene rings is 1. The molecule has 6 nitrogen and oxygen atoms in total. The summed E-state index contributed by atoms with van der Waals surface area (Å²) in [6.45, 7) is 9.37. The van der Waals surface area contributed by atoms with E-state index in [1.165, 1.54) is 11.8 Å². The second-order valence-electron chi connectivity index (χ2n) is 7.86. The van der Waals surface area contributed by atoms with Crippen molar-refractivity contribution in [2.24, 2.45) is 11.0 Å². The maximum atomic E-state index is 13.2. The highest BCUT2D eigenvalue weighted by Gasteiger charge is 2.35. The van der Waals surface area contributed by atoms with Gasteiger partial charge in [0, 0.05) is 18.7 Å². The summed E-state index contributed by atoms with van der Waals surface area (Å²) in [6, 6.07) is 7.60. The molecule has 1 aliphatic rings. The van der Waals surface area contributed by atoms with Crippen molar-refractivity contribution in [1.29, 1.82) is 0 Å². The molecule has 0 aromatic carbocycles. The lowest BCUT2D eigenvalue weighted by Crippen LogP contribution is -2.28. The Hall–Kier alpha value is -2.32. The SMILES string of the molecule is Cc1nc(SCC(=O)N2N=C(c3cccs3)CC2c2ccco2)n(CC(C)C)c1C. The number of nitrogens with zero attached hydrogens (tertiary/aromatic N) is 4. The highest BCUT2D eigenvalue weighted by molar-refractivity contribution is 7.99. The lowest BCUT2D eigenvalue weighted by Gasteiger charge is -2.20. The first-order chi connectivity index (χ1) is 14.4. The predicted molar refractivity (Wildman–Crippen MR) is 121 cm³/mol. The maximum absolute atomic E-state index is 13.2. The number of aryl methyl sites for hydroxylation is 1. The molecule has 0 radical (unpaired) electrons. The van der Waals surface area contributed by atoms with E-state index in [2.05, 4.69) is 35.4 Å². The zero-order valence-electron chi connectivity index (χ0n) is 17.7. The van der Waals surface area contributed by atoms with Gasteiger partial charge >= 0.3 is 0 Å². The molecule has 1 amide bonds. The number of carbonyl (C=O) groups excluding carboxylic acids is 1. The second-order valence-corrected chi connectivity index (χ2v) is 9.75. The van der Waals surface area contributed by atoms with Crippen LogP contribution in [0.1, 0.15) is 48.3 Å². The fourth-order valence-corrected chi connectivity index (χ4v) is 5.22. The van der Waals surface area contributed by atoms with Gasteiger partial charge in [-0.15, -0.1) is 11.3 Å². The zero-order valence-corrected chi connectivity index (χ0v) is 19.3. The Labute approximate surface area is 185 Å². The van der Waals surface area contributed by atoms with Gasteiger partial charge in [-0.2, -0.15) is 5.10 Å². The van der Waals surface area contributed by atoms with Crippen molar-refractivity contribution < 1.29 is 9.21 Å². The van der Waals surface area contributed by atoms with Crippen molar-refractivity contribution in [3.63, 3.8) is 0 Å². The zero-order chi connectivity index (χ0) is 21.3. The average molecular weight is 443 g/mol. The minimum atomic E-state index is -0.205. The van der Waals surface area contributed by atoms with Crippen LogP contribution in [0.4, 0.5) is 0 Å². The summed E-state index contributed by atoms with van der Waals surface area (Å²) in [7, 11) is 0. The minimum absolute atomic E-state index is 0.0395. The molecule has 0 saturated carbocycles. The number of hydrogen-bond donors (Lipinski definition) is 0.